The highest BCUT2D eigenvalue weighted by atomic mass is 19.1. The van der Waals surface area contributed by atoms with Gasteiger partial charge >= 0.3 is 0 Å². The minimum absolute atomic E-state index is 0.00908. The van der Waals surface area contributed by atoms with Gasteiger partial charge in [-0.3, -0.25) is 0 Å². The maximum absolute atomic E-state index is 13.8. The molecular formula is C17H25F2NO. The fourth-order valence-corrected chi connectivity index (χ4v) is 3.11. The second kappa shape index (κ2) is 6.30. The van der Waals surface area contributed by atoms with E-state index < -0.39 is 11.6 Å². The van der Waals surface area contributed by atoms with E-state index in [-0.39, 0.29) is 23.3 Å². The highest BCUT2D eigenvalue weighted by Gasteiger charge is 2.36. The summed E-state index contributed by atoms with van der Waals surface area (Å²) in [5.41, 5.74) is 0.195. The molecule has 0 bridgehead atoms. The summed E-state index contributed by atoms with van der Waals surface area (Å²) in [5, 5.41) is 3.24. The Labute approximate surface area is 125 Å². The SMILES string of the molecule is CNC1CCC(C(C)(C)C)CC1Oc1cc(F)ccc1F. The van der Waals surface area contributed by atoms with Crippen molar-refractivity contribution in [1.29, 1.82) is 0 Å². The summed E-state index contributed by atoms with van der Waals surface area (Å²) in [6.07, 6.45) is 2.83. The van der Waals surface area contributed by atoms with Gasteiger partial charge in [0, 0.05) is 12.1 Å². The molecule has 1 aromatic carbocycles. The molecule has 3 unspecified atom stereocenters. The molecule has 118 valence electrons. The van der Waals surface area contributed by atoms with Crippen LogP contribution in [0.25, 0.3) is 0 Å². The van der Waals surface area contributed by atoms with Crippen molar-refractivity contribution >= 4 is 0 Å². The van der Waals surface area contributed by atoms with Gasteiger partial charge in [0.1, 0.15) is 11.9 Å². The molecule has 4 heteroatoms. The monoisotopic (exact) mass is 297 g/mol. The van der Waals surface area contributed by atoms with Gasteiger partial charge in [0.25, 0.3) is 0 Å². The van der Waals surface area contributed by atoms with Gasteiger partial charge in [-0.1, -0.05) is 20.8 Å². The number of likely N-dealkylation sites (N-methyl/N-ethyl adjacent to an activating group) is 1. The lowest BCUT2D eigenvalue weighted by Gasteiger charge is -2.41. The summed E-state index contributed by atoms with van der Waals surface area (Å²) in [5.74, 6) is -0.460. The van der Waals surface area contributed by atoms with E-state index in [4.69, 9.17) is 4.74 Å². The smallest absolute Gasteiger partial charge is 0.165 e. The van der Waals surface area contributed by atoms with Crippen molar-refractivity contribution in [2.24, 2.45) is 11.3 Å². The van der Waals surface area contributed by atoms with E-state index in [1.165, 1.54) is 0 Å². The van der Waals surface area contributed by atoms with Crippen LogP contribution in [0.4, 0.5) is 8.78 Å². The average Bonchev–Trinajstić information content (AvgIpc) is 2.42. The first-order valence-corrected chi connectivity index (χ1v) is 7.60. The summed E-state index contributed by atoms with van der Waals surface area (Å²) in [4.78, 5) is 0. The Hall–Kier alpha value is -1.16. The Morgan fingerprint density at radius 1 is 1.19 bits per heavy atom. The van der Waals surface area contributed by atoms with Crippen molar-refractivity contribution in [2.75, 3.05) is 7.05 Å². The van der Waals surface area contributed by atoms with Crippen molar-refractivity contribution in [3.63, 3.8) is 0 Å². The van der Waals surface area contributed by atoms with E-state index in [0.29, 0.717) is 5.92 Å². The Morgan fingerprint density at radius 3 is 2.52 bits per heavy atom. The highest BCUT2D eigenvalue weighted by Crippen LogP contribution is 2.39. The van der Waals surface area contributed by atoms with Crippen molar-refractivity contribution < 1.29 is 13.5 Å². The van der Waals surface area contributed by atoms with Crippen molar-refractivity contribution in [3.05, 3.63) is 29.8 Å². The fourth-order valence-electron chi connectivity index (χ4n) is 3.11. The number of ether oxygens (including phenoxy) is 1. The van der Waals surface area contributed by atoms with Gasteiger partial charge in [0.2, 0.25) is 0 Å². The molecule has 0 aliphatic heterocycles. The molecule has 1 fully saturated rings. The second-order valence-electron chi connectivity index (χ2n) is 7.00. The van der Waals surface area contributed by atoms with E-state index in [1.807, 2.05) is 7.05 Å². The van der Waals surface area contributed by atoms with Crippen LogP contribution in [0.1, 0.15) is 40.0 Å². The third-order valence-corrected chi connectivity index (χ3v) is 4.56. The van der Waals surface area contributed by atoms with Crippen LogP contribution in [0.2, 0.25) is 0 Å². The third-order valence-electron chi connectivity index (χ3n) is 4.56. The summed E-state index contributed by atoms with van der Waals surface area (Å²) >= 11 is 0. The van der Waals surface area contributed by atoms with Gasteiger partial charge in [-0.05, 0) is 49.8 Å². The standard InChI is InChI=1S/C17H25F2NO/c1-17(2,3)11-5-8-14(20-4)16(9-11)21-15-10-12(18)6-7-13(15)19/h6-7,10-11,14,16,20H,5,8-9H2,1-4H3. The number of hydrogen-bond acceptors (Lipinski definition) is 2. The van der Waals surface area contributed by atoms with Crippen molar-refractivity contribution in [2.45, 2.75) is 52.2 Å². The summed E-state index contributed by atoms with van der Waals surface area (Å²) < 4.78 is 32.9. The zero-order valence-corrected chi connectivity index (χ0v) is 13.2. The Morgan fingerprint density at radius 2 is 1.90 bits per heavy atom. The predicted octanol–water partition coefficient (Wildman–Crippen LogP) is 4.15. The Kier molecular flexibility index (Phi) is 4.87. The molecule has 0 heterocycles. The fraction of sp³-hybridized carbons (Fsp3) is 0.647. The molecule has 0 spiro atoms. The van der Waals surface area contributed by atoms with Crippen molar-refractivity contribution in [1.82, 2.24) is 5.32 Å². The van der Waals surface area contributed by atoms with Gasteiger partial charge in [-0.15, -0.1) is 0 Å². The average molecular weight is 297 g/mol. The normalized spacial score (nSPS) is 26.7. The highest BCUT2D eigenvalue weighted by molar-refractivity contribution is 5.25. The predicted molar refractivity (Wildman–Crippen MR) is 80.4 cm³/mol. The minimum atomic E-state index is -0.510. The molecule has 21 heavy (non-hydrogen) atoms. The van der Waals surface area contributed by atoms with Crippen LogP contribution in [-0.4, -0.2) is 19.2 Å². The van der Waals surface area contributed by atoms with E-state index >= 15 is 0 Å². The molecule has 0 saturated heterocycles. The molecule has 0 radical (unpaired) electrons. The molecule has 0 amide bonds. The molecule has 1 aliphatic rings. The van der Waals surface area contributed by atoms with Gasteiger partial charge in [0.05, 0.1) is 0 Å². The lowest BCUT2D eigenvalue weighted by atomic mass is 9.70. The summed E-state index contributed by atoms with van der Waals surface area (Å²) in [6, 6.07) is 3.52. The van der Waals surface area contributed by atoms with Crippen LogP contribution < -0.4 is 10.1 Å². The molecule has 3 atom stereocenters. The van der Waals surface area contributed by atoms with Crippen LogP contribution in [0, 0.1) is 23.0 Å². The maximum atomic E-state index is 13.8. The number of rotatable bonds is 3. The van der Waals surface area contributed by atoms with Gasteiger partial charge in [0.15, 0.2) is 11.6 Å². The molecule has 1 aliphatic carbocycles. The number of nitrogens with one attached hydrogen (secondary N) is 1. The summed E-state index contributed by atoms with van der Waals surface area (Å²) in [6.45, 7) is 6.66. The van der Waals surface area contributed by atoms with Crippen LogP contribution in [0.3, 0.4) is 0 Å². The van der Waals surface area contributed by atoms with Gasteiger partial charge in [-0.2, -0.15) is 0 Å². The first-order chi connectivity index (χ1) is 9.81. The van der Waals surface area contributed by atoms with Gasteiger partial charge in [-0.25, -0.2) is 8.78 Å². The topological polar surface area (TPSA) is 21.3 Å². The third kappa shape index (κ3) is 3.94. The first-order valence-electron chi connectivity index (χ1n) is 7.60. The van der Waals surface area contributed by atoms with E-state index in [0.717, 1.165) is 37.5 Å². The second-order valence-corrected chi connectivity index (χ2v) is 7.00. The van der Waals surface area contributed by atoms with Crippen molar-refractivity contribution in [3.8, 4) is 5.75 Å². The van der Waals surface area contributed by atoms with Crippen LogP contribution in [0.5, 0.6) is 5.75 Å². The maximum Gasteiger partial charge on any atom is 0.165 e. The molecule has 0 aromatic heterocycles. The van der Waals surface area contributed by atoms with Gasteiger partial charge < -0.3 is 10.1 Å². The minimum Gasteiger partial charge on any atom is -0.486 e. The lowest BCUT2D eigenvalue weighted by Crippen LogP contribution is -2.47. The van der Waals surface area contributed by atoms with E-state index in [1.54, 1.807) is 0 Å². The lowest BCUT2D eigenvalue weighted by molar-refractivity contribution is 0.0470. The summed E-state index contributed by atoms with van der Waals surface area (Å²) in [7, 11) is 1.89. The number of hydrogen-bond donors (Lipinski definition) is 1. The number of benzene rings is 1. The number of halogens is 2. The van der Waals surface area contributed by atoms with E-state index in [9.17, 15) is 8.78 Å². The Bertz CT molecular complexity index is 484. The Balaban J connectivity index is 2.16. The molecule has 1 aromatic rings. The zero-order valence-electron chi connectivity index (χ0n) is 13.2. The molecule has 1 N–H and O–H groups in total. The molecular weight excluding hydrogens is 272 g/mol. The zero-order chi connectivity index (χ0) is 15.6. The largest absolute Gasteiger partial charge is 0.486 e. The molecule has 2 nitrogen and oxygen atoms in total. The first kappa shape index (κ1) is 16.2. The van der Waals surface area contributed by atoms with Crippen LogP contribution in [0.15, 0.2) is 18.2 Å². The van der Waals surface area contributed by atoms with Crippen LogP contribution >= 0.6 is 0 Å². The molecule has 1 saturated carbocycles. The molecule has 2 rings (SSSR count). The van der Waals surface area contributed by atoms with Crippen LogP contribution in [-0.2, 0) is 0 Å². The van der Waals surface area contributed by atoms with E-state index in [2.05, 4.69) is 26.1 Å². The quantitative estimate of drug-likeness (QED) is 0.905.